The zero-order valence-corrected chi connectivity index (χ0v) is 13.7. The summed E-state index contributed by atoms with van der Waals surface area (Å²) in [7, 11) is 0. The molecule has 1 aromatic rings. The van der Waals surface area contributed by atoms with Gasteiger partial charge in [0.2, 0.25) is 0 Å². The lowest BCUT2D eigenvalue weighted by Gasteiger charge is -2.36. The molecule has 1 unspecified atom stereocenters. The molecule has 0 aliphatic heterocycles. The monoisotopic (exact) mass is 306 g/mol. The van der Waals surface area contributed by atoms with Gasteiger partial charge in [-0.1, -0.05) is 45.1 Å². The minimum atomic E-state index is -0.678. The second kappa shape index (κ2) is 7.10. The van der Waals surface area contributed by atoms with Gasteiger partial charge in [0.1, 0.15) is 0 Å². The van der Waals surface area contributed by atoms with E-state index < -0.39 is 11.6 Å². The van der Waals surface area contributed by atoms with Crippen molar-refractivity contribution in [2.24, 2.45) is 17.8 Å². The van der Waals surface area contributed by atoms with Crippen LogP contribution in [0.15, 0.2) is 12.1 Å². The van der Waals surface area contributed by atoms with Gasteiger partial charge in [-0.25, -0.2) is 8.78 Å². The summed E-state index contributed by atoms with van der Waals surface area (Å²) in [6.07, 6.45) is 12.2. The fourth-order valence-electron chi connectivity index (χ4n) is 4.64. The Balaban J connectivity index is 1.60. The topological polar surface area (TPSA) is 0 Å². The third-order valence-corrected chi connectivity index (χ3v) is 6.07. The van der Waals surface area contributed by atoms with Crippen LogP contribution in [-0.2, 0) is 12.8 Å². The molecule has 2 aliphatic rings. The molecule has 2 heteroatoms. The standard InChI is InChI=1S/C20H28F2/c1-2-3-4-14-5-7-15(8-6-14)17-10-9-16-11-12-19(21)20(22)18(16)13-17/h11-12,14-15,17H,2-10,13H2,1H3. The molecule has 1 fully saturated rings. The van der Waals surface area contributed by atoms with Crippen LogP contribution in [0.3, 0.4) is 0 Å². The average molecular weight is 306 g/mol. The lowest BCUT2D eigenvalue weighted by atomic mass is 9.69. The Morgan fingerprint density at radius 1 is 1.00 bits per heavy atom. The number of hydrogen-bond donors (Lipinski definition) is 0. The van der Waals surface area contributed by atoms with Crippen molar-refractivity contribution in [3.05, 3.63) is 34.9 Å². The molecule has 3 rings (SSSR count). The van der Waals surface area contributed by atoms with Crippen molar-refractivity contribution in [1.29, 1.82) is 0 Å². The van der Waals surface area contributed by atoms with Crippen LogP contribution in [0.25, 0.3) is 0 Å². The van der Waals surface area contributed by atoms with Gasteiger partial charge in [-0.3, -0.25) is 0 Å². The van der Waals surface area contributed by atoms with Gasteiger partial charge in [0, 0.05) is 0 Å². The molecule has 1 saturated carbocycles. The zero-order chi connectivity index (χ0) is 15.5. The van der Waals surface area contributed by atoms with Crippen LogP contribution >= 0.6 is 0 Å². The fraction of sp³-hybridized carbons (Fsp3) is 0.700. The molecule has 0 amide bonds. The first-order valence-electron chi connectivity index (χ1n) is 9.14. The molecular weight excluding hydrogens is 278 g/mol. The molecule has 0 nitrogen and oxygen atoms in total. The number of aryl methyl sites for hydroxylation is 1. The predicted molar refractivity (Wildman–Crippen MR) is 86.8 cm³/mol. The van der Waals surface area contributed by atoms with Crippen molar-refractivity contribution in [1.82, 2.24) is 0 Å². The SMILES string of the molecule is CCCCC1CCC(C2CCc3ccc(F)c(F)c3C2)CC1. The van der Waals surface area contributed by atoms with Gasteiger partial charge >= 0.3 is 0 Å². The van der Waals surface area contributed by atoms with Crippen molar-refractivity contribution >= 4 is 0 Å². The molecule has 22 heavy (non-hydrogen) atoms. The van der Waals surface area contributed by atoms with E-state index in [-0.39, 0.29) is 0 Å². The Labute approximate surface area is 133 Å². The van der Waals surface area contributed by atoms with Gasteiger partial charge in [-0.15, -0.1) is 0 Å². The molecule has 0 N–H and O–H groups in total. The molecule has 0 bridgehead atoms. The van der Waals surface area contributed by atoms with Gasteiger partial charge in [-0.05, 0) is 67.1 Å². The van der Waals surface area contributed by atoms with Gasteiger partial charge < -0.3 is 0 Å². The van der Waals surface area contributed by atoms with Crippen molar-refractivity contribution < 1.29 is 8.78 Å². The Kier molecular flexibility index (Phi) is 5.15. The van der Waals surface area contributed by atoms with Crippen LogP contribution in [0, 0.1) is 29.4 Å². The van der Waals surface area contributed by atoms with Crippen LogP contribution < -0.4 is 0 Å². The number of benzene rings is 1. The highest BCUT2D eigenvalue weighted by Crippen LogP contribution is 2.41. The zero-order valence-electron chi connectivity index (χ0n) is 13.7. The number of rotatable bonds is 4. The molecular formula is C20H28F2. The maximum absolute atomic E-state index is 14.1. The minimum absolute atomic E-state index is 0.566. The summed E-state index contributed by atoms with van der Waals surface area (Å²) in [5.41, 5.74) is 1.70. The second-order valence-electron chi connectivity index (χ2n) is 7.42. The van der Waals surface area contributed by atoms with Crippen LogP contribution in [0.1, 0.15) is 69.4 Å². The van der Waals surface area contributed by atoms with Gasteiger partial charge in [0.25, 0.3) is 0 Å². The van der Waals surface area contributed by atoms with E-state index in [0.717, 1.165) is 36.7 Å². The van der Waals surface area contributed by atoms with E-state index in [0.29, 0.717) is 11.5 Å². The van der Waals surface area contributed by atoms with Gasteiger partial charge in [0.15, 0.2) is 11.6 Å². The van der Waals surface area contributed by atoms with E-state index >= 15 is 0 Å². The highest BCUT2D eigenvalue weighted by atomic mass is 19.2. The van der Waals surface area contributed by atoms with Crippen molar-refractivity contribution in [2.75, 3.05) is 0 Å². The van der Waals surface area contributed by atoms with Crippen LogP contribution in [-0.4, -0.2) is 0 Å². The first-order chi connectivity index (χ1) is 10.7. The molecule has 0 spiro atoms. The third kappa shape index (κ3) is 3.36. The summed E-state index contributed by atoms with van der Waals surface area (Å²) in [5.74, 6) is 0.951. The van der Waals surface area contributed by atoms with Crippen LogP contribution in [0.2, 0.25) is 0 Å². The second-order valence-corrected chi connectivity index (χ2v) is 7.42. The van der Waals surface area contributed by atoms with E-state index in [1.54, 1.807) is 6.07 Å². The summed E-state index contributed by atoms with van der Waals surface area (Å²) in [6.45, 7) is 2.26. The molecule has 0 aromatic heterocycles. The summed E-state index contributed by atoms with van der Waals surface area (Å²) in [6, 6.07) is 3.07. The Morgan fingerprint density at radius 2 is 1.77 bits per heavy atom. The van der Waals surface area contributed by atoms with Crippen molar-refractivity contribution in [3.63, 3.8) is 0 Å². The third-order valence-electron chi connectivity index (χ3n) is 6.07. The molecule has 0 heterocycles. The quantitative estimate of drug-likeness (QED) is 0.633. The minimum Gasteiger partial charge on any atom is -0.204 e. The van der Waals surface area contributed by atoms with Crippen LogP contribution in [0.5, 0.6) is 0 Å². The first-order valence-corrected chi connectivity index (χ1v) is 9.14. The Bertz CT molecular complexity index is 501. The maximum Gasteiger partial charge on any atom is 0.162 e. The van der Waals surface area contributed by atoms with E-state index in [1.807, 2.05) is 0 Å². The smallest absolute Gasteiger partial charge is 0.162 e. The van der Waals surface area contributed by atoms with Crippen molar-refractivity contribution in [3.8, 4) is 0 Å². The molecule has 0 radical (unpaired) electrons. The van der Waals surface area contributed by atoms with Gasteiger partial charge in [-0.2, -0.15) is 0 Å². The highest BCUT2D eigenvalue weighted by molar-refractivity contribution is 5.32. The number of fused-ring (bicyclic) bond motifs is 1. The summed E-state index contributed by atoms with van der Waals surface area (Å²) < 4.78 is 27.5. The fourth-order valence-corrected chi connectivity index (χ4v) is 4.64. The van der Waals surface area contributed by atoms with Crippen molar-refractivity contribution in [2.45, 2.75) is 71.1 Å². The molecule has 2 aliphatic carbocycles. The van der Waals surface area contributed by atoms with E-state index in [4.69, 9.17) is 0 Å². The summed E-state index contributed by atoms with van der Waals surface area (Å²) in [4.78, 5) is 0. The van der Waals surface area contributed by atoms with E-state index in [9.17, 15) is 8.78 Å². The maximum atomic E-state index is 14.1. The largest absolute Gasteiger partial charge is 0.204 e. The lowest BCUT2D eigenvalue weighted by molar-refractivity contribution is 0.182. The number of unbranched alkanes of at least 4 members (excludes halogenated alkanes) is 1. The Morgan fingerprint density at radius 3 is 2.50 bits per heavy atom. The average Bonchev–Trinajstić information content (AvgIpc) is 2.57. The first kappa shape index (κ1) is 16.0. The van der Waals surface area contributed by atoms with E-state index in [1.165, 1.54) is 51.0 Å². The molecule has 122 valence electrons. The summed E-state index contributed by atoms with van der Waals surface area (Å²) >= 11 is 0. The van der Waals surface area contributed by atoms with E-state index in [2.05, 4.69) is 6.92 Å². The normalized spacial score (nSPS) is 28.4. The number of halogens is 2. The lowest BCUT2D eigenvalue weighted by Crippen LogP contribution is -2.27. The van der Waals surface area contributed by atoms with Gasteiger partial charge in [0.05, 0.1) is 0 Å². The molecule has 1 aromatic carbocycles. The van der Waals surface area contributed by atoms with Crippen LogP contribution in [0.4, 0.5) is 8.78 Å². The Hall–Kier alpha value is -0.920. The predicted octanol–water partition coefficient (Wildman–Crippen LogP) is 6.07. The molecule has 0 saturated heterocycles. The summed E-state index contributed by atoms with van der Waals surface area (Å²) in [5, 5.41) is 0. The number of hydrogen-bond acceptors (Lipinski definition) is 0. The highest BCUT2D eigenvalue weighted by Gasteiger charge is 2.31. The molecule has 1 atom stereocenters.